The Morgan fingerprint density at radius 3 is 2.43 bits per heavy atom. The van der Waals surface area contributed by atoms with Crippen molar-refractivity contribution < 1.29 is 4.74 Å². The lowest BCUT2D eigenvalue weighted by molar-refractivity contribution is 0.407. The minimum atomic E-state index is -0.163. The zero-order valence-corrected chi connectivity index (χ0v) is 13.8. The van der Waals surface area contributed by atoms with Crippen molar-refractivity contribution >= 4 is 15.9 Å². The summed E-state index contributed by atoms with van der Waals surface area (Å²) in [5, 5.41) is 0. The fourth-order valence-corrected chi connectivity index (χ4v) is 3.18. The molecule has 3 rings (SSSR count). The van der Waals surface area contributed by atoms with Crippen molar-refractivity contribution in [2.24, 2.45) is 5.73 Å². The van der Waals surface area contributed by atoms with Gasteiger partial charge in [0.15, 0.2) is 0 Å². The van der Waals surface area contributed by atoms with Crippen LogP contribution < -0.4 is 10.5 Å². The van der Waals surface area contributed by atoms with Crippen LogP contribution in [0.5, 0.6) is 5.75 Å². The summed E-state index contributed by atoms with van der Waals surface area (Å²) in [6, 6.07) is 14.6. The average Bonchev–Trinajstić information content (AvgIpc) is 2.45. The van der Waals surface area contributed by atoms with E-state index in [2.05, 4.69) is 40.2 Å². The van der Waals surface area contributed by atoms with Crippen LogP contribution in [-0.4, -0.2) is 7.11 Å². The first-order valence-electron chi connectivity index (χ1n) is 7.38. The van der Waals surface area contributed by atoms with Crippen LogP contribution in [0.2, 0.25) is 0 Å². The van der Waals surface area contributed by atoms with Gasteiger partial charge >= 0.3 is 0 Å². The second-order valence-electron chi connectivity index (χ2n) is 5.66. The number of ether oxygens (including phenoxy) is 1. The molecule has 1 fully saturated rings. The van der Waals surface area contributed by atoms with E-state index in [1.54, 1.807) is 7.11 Å². The minimum Gasteiger partial charge on any atom is -0.496 e. The molecular weight excluding hydrogens is 326 g/mol. The maximum atomic E-state index is 6.42. The summed E-state index contributed by atoms with van der Waals surface area (Å²) in [7, 11) is 1.68. The van der Waals surface area contributed by atoms with Gasteiger partial charge in [0, 0.05) is 10.0 Å². The summed E-state index contributed by atoms with van der Waals surface area (Å²) in [4.78, 5) is 0. The van der Waals surface area contributed by atoms with Crippen LogP contribution in [0.25, 0.3) is 0 Å². The third-order valence-corrected chi connectivity index (χ3v) is 4.90. The lowest BCUT2D eigenvalue weighted by atomic mass is 9.79. The molecule has 2 aromatic rings. The fourth-order valence-electron chi connectivity index (χ4n) is 2.84. The smallest absolute Gasteiger partial charge is 0.125 e. The van der Waals surface area contributed by atoms with Crippen molar-refractivity contribution in [2.45, 2.75) is 31.2 Å². The van der Waals surface area contributed by atoms with Crippen molar-refractivity contribution in [1.29, 1.82) is 0 Å². The monoisotopic (exact) mass is 345 g/mol. The Hall–Kier alpha value is -1.32. The molecule has 110 valence electrons. The third kappa shape index (κ3) is 2.99. The molecule has 1 saturated carbocycles. The molecule has 0 saturated heterocycles. The van der Waals surface area contributed by atoms with E-state index >= 15 is 0 Å². The maximum absolute atomic E-state index is 6.42. The molecule has 0 bridgehead atoms. The van der Waals surface area contributed by atoms with Crippen LogP contribution in [-0.2, 0) is 0 Å². The van der Waals surface area contributed by atoms with Crippen LogP contribution in [0, 0.1) is 0 Å². The second kappa shape index (κ2) is 6.20. The van der Waals surface area contributed by atoms with E-state index in [1.165, 1.54) is 24.8 Å². The normalized spacial score (nSPS) is 16.3. The van der Waals surface area contributed by atoms with E-state index in [0.717, 1.165) is 27.3 Å². The molecule has 0 amide bonds. The molecule has 1 unspecified atom stereocenters. The molecule has 2 N–H and O–H groups in total. The molecule has 1 atom stereocenters. The standard InChI is InChI=1S/C18H20BrNO/c1-21-17-11-15(19)9-10-16(17)18(20)14-7-5-13(6-8-14)12-3-2-4-12/h5-12,18H,2-4,20H2,1H3. The van der Waals surface area contributed by atoms with Crippen molar-refractivity contribution in [3.05, 3.63) is 63.6 Å². The number of benzene rings is 2. The first-order chi connectivity index (χ1) is 10.2. The summed E-state index contributed by atoms with van der Waals surface area (Å²) in [6.45, 7) is 0. The van der Waals surface area contributed by atoms with Crippen LogP contribution in [0.3, 0.4) is 0 Å². The highest BCUT2D eigenvalue weighted by Crippen LogP contribution is 2.37. The molecule has 0 radical (unpaired) electrons. The highest BCUT2D eigenvalue weighted by Gasteiger charge is 2.20. The quantitative estimate of drug-likeness (QED) is 0.865. The minimum absolute atomic E-state index is 0.163. The molecule has 2 aromatic carbocycles. The molecule has 21 heavy (non-hydrogen) atoms. The SMILES string of the molecule is COc1cc(Br)ccc1C(N)c1ccc(C2CCC2)cc1. The molecule has 1 aliphatic carbocycles. The van der Waals surface area contributed by atoms with E-state index in [-0.39, 0.29) is 6.04 Å². The van der Waals surface area contributed by atoms with E-state index in [0.29, 0.717) is 0 Å². The van der Waals surface area contributed by atoms with Gasteiger partial charge < -0.3 is 10.5 Å². The lowest BCUT2D eigenvalue weighted by Crippen LogP contribution is -2.14. The number of halogens is 1. The molecule has 2 nitrogen and oxygen atoms in total. The van der Waals surface area contributed by atoms with Gasteiger partial charge in [0.25, 0.3) is 0 Å². The van der Waals surface area contributed by atoms with Gasteiger partial charge in [-0.05, 0) is 42.0 Å². The Morgan fingerprint density at radius 1 is 1.14 bits per heavy atom. The van der Waals surface area contributed by atoms with Crippen molar-refractivity contribution in [3.8, 4) is 5.75 Å². The Labute approximate surface area is 134 Å². The fraction of sp³-hybridized carbons (Fsp3) is 0.333. The van der Waals surface area contributed by atoms with Gasteiger partial charge in [-0.1, -0.05) is 52.7 Å². The predicted molar refractivity (Wildman–Crippen MR) is 89.8 cm³/mol. The van der Waals surface area contributed by atoms with E-state index in [4.69, 9.17) is 10.5 Å². The summed E-state index contributed by atoms with van der Waals surface area (Å²) in [5.41, 5.74) is 10.00. The van der Waals surface area contributed by atoms with E-state index in [9.17, 15) is 0 Å². The highest BCUT2D eigenvalue weighted by molar-refractivity contribution is 9.10. The molecule has 3 heteroatoms. The van der Waals surface area contributed by atoms with Crippen LogP contribution in [0.15, 0.2) is 46.9 Å². The number of methoxy groups -OCH3 is 1. The van der Waals surface area contributed by atoms with Crippen molar-refractivity contribution in [2.75, 3.05) is 7.11 Å². The average molecular weight is 346 g/mol. The van der Waals surface area contributed by atoms with Crippen LogP contribution in [0.1, 0.15) is 47.9 Å². The maximum Gasteiger partial charge on any atom is 0.125 e. The summed E-state index contributed by atoms with van der Waals surface area (Å²) < 4.78 is 6.44. The van der Waals surface area contributed by atoms with Gasteiger partial charge in [-0.2, -0.15) is 0 Å². The topological polar surface area (TPSA) is 35.2 Å². The zero-order chi connectivity index (χ0) is 14.8. The van der Waals surface area contributed by atoms with E-state index < -0.39 is 0 Å². The summed E-state index contributed by atoms with van der Waals surface area (Å²) in [6.07, 6.45) is 4.01. The zero-order valence-electron chi connectivity index (χ0n) is 12.2. The van der Waals surface area contributed by atoms with Gasteiger partial charge in [-0.15, -0.1) is 0 Å². The number of hydrogen-bond donors (Lipinski definition) is 1. The second-order valence-corrected chi connectivity index (χ2v) is 6.57. The summed E-state index contributed by atoms with van der Waals surface area (Å²) in [5.74, 6) is 1.58. The van der Waals surface area contributed by atoms with Gasteiger partial charge in [0.2, 0.25) is 0 Å². The number of nitrogens with two attached hydrogens (primary N) is 1. The Balaban J connectivity index is 1.85. The van der Waals surface area contributed by atoms with Gasteiger partial charge in [-0.25, -0.2) is 0 Å². The molecule has 0 heterocycles. The van der Waals surface area contributed by atoms with Crippen LogP contribution >= 0.6 is 15.9 Å². The van der Waals surface area contributed by atoms with E-state index in [1.807, 2.05) is 18.2 Å². The van der Waals surface area contributed by atoms with Crippen molar-refractivity contribution in [1.82, 2.24) is 0 Å². The predicted octanol–water partition coefficient (Wildman–Crippen LogP) is 4.77. The van der Waals surface area contributed by atoms with Gasteiger partial charge in [0.05, 0.1) is 13.2 Å². The largest absolute Gasteiger partial charge is 0.496 e. The van der Waals surface area contributed by atoms with Gasteiger partial charge in [0.1, 0.15) is 5.75 Å². The molecular formula is C18H20BrNO. The third-order valence-electron chi connectivity index (χ3n) is 4.40. The molecule has 1 aliphatic rings. The molecule has 0 aliphatic heterocycles. The van der Waals surface area contributed by atoms with Gasteiger partial charge in [-0.3, -0.25) is 0 Å². The lowest BCUT2D eigenvalue weighted by Gasteiger charge is -2.26. The summed E-state index contributed by atoms with van der Waals surface area (Å²) >= 11 is 3.46. The first kappa shape index (κ1) is 14.6. The molecule has 0 aromatic heterocycles. The highest BCUT2D eigenvalue weighted by atomic mass is 79.9. The molecule has 0 spiro atoms. The van der Waals surface area contributed by atoms with Crippen LogP contribution in [0.4, 0.5) is 0 Å². The number of rotatable bonds is 4. The Bertz CT molecular complexity index is 620. The van der Waals surface area contributed by atoms with Crippen molar-refractivity contribution in [3.63, 3.8) is 0 Å². The number of hydrogen-bond acceptors (Lipinski definition) is 2. The Kier molecular flexibility index (Phi) is 4.32. The first-order valence-corrected chi connectivity index (χ1v) is 8.17. The Morgan fingerprint density at radius 2 is 1.86 bits per heavy atom.